The van der Waals surface area contributed by atoms with E-state index in [1.165, 1.54) is 0 Å². The zero-order valence-electron chi connectivity index (χ0n) is 12.7. The van der Waals surface area contributed by atoms with Crippen molar-refractivity contribution < 1.29 is 57.1 Å². The van der Waals surface area contributed by atoms with Crippen molar-refractivity contribution in [3.63, 3.8) is 0 Å². The summed E-state index contributed by atoms with van der Waals surface area (Å²) in [6, 6.07) is -2.12. The minimum Gasteiger partial charge on any atom is -0.481 e. The monoisotopic (exact) mass is 392 g/mol. The van der Waals surface area contributed by atoms with E-state index in [4.69, 9.17) is 49.4 Å². The summed E-state index contributed by atoms with van der Waals surface area (Å²) in [5, 5.41) is 32.5. The van der Waals surface area contributed by atoms with Gasteiger partial charge in [0.2, 0.25) is 0 Å². The number of carboxylic acids is 4. The average Bonchev–Trinajstić information content (AvgIpc) is 2.40. The Morgan fingerprint density at radius 2 is 0.920 bits per heavy atom. The molecule has 0 aliphatic rings. The van der Waals surface area contributed by atoms with Crippen LogP contribution in [0.25, 0.3) is 0 Å². The lowest BCUT2D eigenvalue weighted by Gasteiger charge is -2.01. The van der Waals surface area contributed by atoms with Gasteiger partial charge >= 0.3 is 34.3 Å². The third-order valence-electron chi connectivity index (χ3n) is 1.97. The molecule has 2 unspecified atom stereocenters. The molecule has 0 aromatic carbocycles. The fourth-order valence-corrected chi connectivity index (χ4v) is 0.805. The predicted octanol–water partition coefficient (Wildman–Crippen LogP) is -2.13. The summed E-state index contributed by atoms with van der Waals surface area (Å²) in [5.74, 6) is -4.39. The first kappa shape index (κ1) is 27.5. The summed E-state index contributed by atoms with van der Waals surface area (Å²) >= 11 is 0. The Kier molecular flexibility index (Phi) is 15.5. The van der Waals surface area contributed by atoms with E-state index in [0.29, 0.717) is 0 Å². The Morgan fingerprint density at radius 1 is 0.720 bits per heavy atom. The van der Waals surface area contributed by atoms with Gasteiger partial charge in [-0.25, -0.2) is 0 Å². The Balaban J connectivity index is -0.000000308. The molecule has 0 rings (SSSR count). The van der Waals surface area contributed by atoms with Crippen LogP contribution in [-0.4, -0.2) is 73.9 Å². The minimum absolute atomic E-state index is 0.0231. The molecule has 0 radical (unpaired) electrons. The Morgan fingerprint density at radius 3 is 1.04 bits per heavy atom. The van der Waals surface area contributed by atoms with Crippen LogP contribution in [-0.2, 0) is 29.6 Å². The van der Waals surface area contributed by atoms with Gasteiger partial charge in [-0.1, -0.05) is 0 Å². The van der Waals surface area contributed by atoms with Crippen LogP contribution in [0.2, 0.25) is 0 Å². The summed E-state index contributed by atoms with van der Waals surface area (Å²) in [7, 11) is -4.67. The number of hydrogen-bond acceptors (Lipinski definition) is 8. The second-order valence-electron chi connectivity index (χ2n) is 4.20. The summed E-state index contributed by atoms with van der Waals surface area (Å²) < 4.78 is 31.6. The predicted molar refractivity (Wildman–Crippen MR) is 79.1 cm³/mol. The van der Waals surface area contributed by atoms with E-state index in [2.05, 4.69) is 0 Å². The van der Waals surface area contributed by atoms with Crippen molar-refractivity contribution in [1.29, 1.82) is 0 Å². The molecule has 2 atom stereocenters. The summed E-state index contributed by atoms with van der Waals surface area (Å²) in [5.41, 5.74) is 10.0. The van der Waals surface area contributed by atoms with Gasteiger partial charge < -0.3 is 31.9 Å². The summed E-state index contributed by atoms with van der Waals surface area (Å²) in [6.45, 7) is 0. The summed E-state index contributed by atoms with van der Waals surface area (Å²) in [4.78, 5) is 39.7. The van der Waals surface area contributed by atoms with Gasteiger partial charge in [0.1, 0.15) is 12.1 Å². The van der Waals surface area contributed by atoms with Crippen molar-refractivity contribution in [2.24, 2.45) is 11.5 Å². The minimum atomic E-state index is -4.67. The van der Waals surface area contributed by atoms with Crippen LogP contribution in [0, 0.1) is 0 Å². The topological polar surface area (TPSA) is 276 Å². The van der Waals surface area contributed by atoms with E-state index in [9.17, 15) is 19.2 Å². The molecule has 0 aliphatic heterocycles. The molecule has 10 N–H and O–H groups in total. The Hall–Kier alpha value is -2.33. The second kappa shape index (κ2) is 14.1. The number of carboxylic acid groups (broad SMARTS) is 4. The maximum absolute atomic E-state index is 9.99. The molecule has 0 spiro atoms. The van der Waals surface area contributed by atoms with Gasteiger partial charge in [-0.15, -0.1) is 0 Å². The molecular weight excluding hydrogens is 372 g/mol. The number of aliphatic carboxylic acids is 4. The molecule has 0 amide bonds. The van der Waals surface area contributed by atoms with Gasteiger partial charge in [-0.2, -0.15) is 8.42 Å². The van der Waals surface area contributed by atoms with Gasteiger partial charge in [-0.05, 0) is 12.8 Å². The number of carbonyl (C=O) groups is 4. The quantitative estimate of drug-likeness (QED) is 0.205. The van der Waals surface area contributed by atoms with Crippen LogP contribution in [0.4, 0.5) is 0 Å². The zero-order valence-corrected chi connectivity index (χ0v) is 13.5. The molecule has 0 aliphatic carbocycles. The van der Waals surface area contributed by atoms with Crippen LogP contribution >= 0.6 is 0 Å². The van der Waals surface area contributed by atoms with Crippen LogP contribution < -0.4 is 11.5 Å². The first-order chi connectivity index (χ1) is 11.1. The molecule has 14 nitrogen and oxygen atoms in total. The van der Waals surface area contributed by atoms with Crippen molar-refractivity contribution in [3.05, 3.63) is 0 Å². The van der Waals surface area contributed by atoms with Gasteiger partial charge in [0.15, 0.2) is 0 Å². The van der Waals surface area contributed by atoms with Gasteiger partial charge in [0, 0.05) is 12.8 Å². The molecule has 15 heteroatoms. The van der Waals surface area contributed by atoms with E-state index in [1.807, 2.05) is 0 Å². The average molecular weight is 392 g/mol. The summed E-state index contributed by atoms with van der Waals surface area (Å²) in [6.07, 6.45) is -0.448. The standard InChI is InChI=1S/2C5H9NO4.H2O4S/c2*6-3(5(9)10)1-2-4(7)8;1-5(2,3)4/h2*3H,1-2,6H2,(H,7,8)(H,9,10);(H2,1,2,3,4). The largest absolute Gasteiger partial charge is 0.481 e. The normalized spacial score (nSPS) is 12.3. The number of rotatable bonds is 8. The van der Waals surface area contributed by atoms with Gasteiger partial charge in [0.05, 0.1) is 0 Å². The van der Waals surface area contributed by atoms with E-state index in [-0.39, 0.29) is 25.7 Å². The smallest absolute Gasteiger partial charge is 0.394 e. The van der Waals surface area contributed by atoms with Crippen molar-refractivity contribution in [2.45, 2.75) is 37.8 Å². The molecule has 25 heavy (non-hydrogen) atoms. The highest BCUT2D eigenvalue weighted by atomic mass is 32.3. The Labute approximate surface area is 141 Å². The lowest BCUT2D eigenvalue weighted by molar-refractivity contribution is -0.141. The molecular formula is C10H20N2O12S. The third-order valence-corrected chi connectivity index (χ3v) is 1.97. The molecule has 0 bridgehead atoms. The first-order valence-corrected chi connectivity index (χ1v) is 7.57. The molecule has 0 fully saturated rings. The molecule has 0 saturated heterocycles. The lowest BCUT2D eigenvalue weighted by Crippen LogP contribution is -2.30. The lowest BCUT2D eigenvalue weighted by atomic mass is 10.2. The van der Waals surface area contributed by atoms with Crippen molar-refractivity contribution in [3.8, 4) is 0 Å². The van der Waals surface area contributed by atoms with E-state index in [0.717, 1.165) is 0 Å². The van der Waals surface area contributed by atoms with E-state index in [1.54, 1.807) is 0 Å². The van der Waals surface area contributed by atoms with Crippen LogP contribution in [0.1, 0.15) is 25.7 Å². The van der Waals surface area contributed by atoms with Crippen LogP contribution in [0.15, 0.2) is 0 Å². The van der Waals surface area contributed by atoms with Crippen molar-refractivity contribution in [1.82, 2.24) is 0 Å². The fourth-order valence-electron chi connectivity index (χ4n) is 0.805. The third kappa shape index (κ3) is 34.1. The van der Waals surface area contributed by atoms with Crippen molar-refractivity contribution in [2.75, 3.05) is 0 Å². The highest BCUT2D eigenvalue weighted by Crippen LogP contribution is 1.94. The SMILES string of the molecule is NC(CCC(=O)O)C(=O)O.NC(CCC(=O)O)C(=O)O.O=S(=O)(O)O. The number of nitrogens with two attached hydrogens (primary N) is 2. The van der Waals surface area contributed by atoms with Gasteiger partial charge in [-0.3, -0.25) is 28.3 Å². The van der Waals surface area contributed by atoms with Crippen LogP contribution in [0.5, 0.6) is 0 Å². The van der Waals surface area contributed by atoms with Gasteiger partial charge in [0.25, 0.3) is 0 Å². The molecule has 148 valence electrons. The van der Waals surface area contributed by atoms with Crippen molar-refractivity contribution >= 4 is 34.3 Å². The highest BCUT2D eigenvalue weighted by Gasteiger charge is 2.12. The molecule has 0 aromatic rings. The fraction of sp³-hybridized carbons (Fsp3) is 0.600. The molecule has 0 heterocycles. The van der Waals surface area contributed by atoms with E-state index < -0.39 is 46.4 Å². The first-order valence-electron chi connectivity index (χ1n) is 6.18. The van der Waals surface area contributed by atoms with Crippen LogP contribution in [0.3, 0.4) is 0 Å². The molecule has 0 saturated carbocycles. The highest BCUT2D eigenvalue weighted by molar-refractivity contribution is 7.79. The maximum Gasteiger partial charge on any atom is 0.394 e. The zero-order chi connectivity index (χ0) is 20.8. The second-order valence-corrected chi connectivity index (χ2v) is 5.10. The number of hydrogen-bond donors (Lipinski definition) is 8. The van der Waals surface area contributed by atoms with E-state index >= 15 is 0 Å². The molecule has 0 aromatic heterocycles. The Bertz CT molecular complexity index is 504. The maximum atomic E-state index is 9.99.